The first-order valence-corrected chi connectivity index (χ1v) is 6.48. The number of methoxy groups -OCH3 is 1. The number of carbonyl (C=O) groups is 2. The van der Waals surface area contributed by atoms with Gasteiger partial charge < -0.3 is 19.6 Å². The summed E-state index contributed by atoms with van der Waals surface area (Å²) in [6, 6.07) is 9.16. The number of aromatic nitrogens is 2. The number of fused-ring (bicyclic) bond motifs is 1. The third-order valence-electron chi connectivity index (χ3n) is 3.40. The summed E-state index contributed by atoms with van der Waals surface area (Å²) in [5.41, 5.74) is 2.60. The first-order valence-electron chi connectivity index (χ1n) is 6.48. The van der Waals surface area contributed by atoms with E-state index in [1.165, 1.54) is 12.4 Å². The Morgan fingerprint density at radius 2 is 1.87 bits per heavy atom. The summed E-state index contributed by atoms with van der Waals surface area (Å²) in [7, 11) is 1.59. The molecule has 23 heavy (non-hydrogen) atoms. The Labute approximate surface area is 174 Å². The minimum absolute atomic E-state index is 0. The topological polar surface area (TPSA) is 95.1 Å². The molecule has 7 heteroatoms. The van der Waals surface area contributed by atoms with Gasteiger partial charge in [-0.3, -0.25) is 9.78 Å². The Balaban J connectivity index is 0.00000192. The normalized spacial score (nSPS) is 10.1. The Bertz CT molecular complexity index is 871. The minimum atomic E-state index is -1.75. The van der Waals surface area contributed by atoms with Gasteiger partial charge in [-0.15, -0.1) is 0 Å². The van der Waals surface area contributed by atoms with E-state index in [-0.39, 0.29) is 56.9 Å². The maximum Gasteiger partial charge on any atom is 1.00 e. The number of hydrogen-bond acceptors (Lipinski definition) is 5. The Kier molecular flexibility index (Phi) is 5.72. The van der Waals surface area contributed by atoms with Crippen LogP contribution < -0.4 is 61.2 Å². The average Bonchev–Trinajstić information content (AvgIpc) is 2.98. The monoisotopic (exact) mass is 334 g/mol. The van der Waals surface area contributed by atoms with E-state index in [0.29, 0.717) is 11.0 Å². The predicted octanol–water partition coefficient (Wildman–Crippen LogP) is -1.82. The molecule has 0 bridgehead atoms. The third kappa shape index (κ3) is 3.38. The molecule has 0 amide bonds. The van der Waals surface area contributed by atoms with Crippen LogP contribution in [-0.4, -0.2) is 28.8 Å². The number of benzene rings is 1. The van der Waals surface area contributed by atoms with Gasteiger partial charge in [-0.25, -0.2) is 0 Å². The van der Waals surface area contributed by atoms with Crippen molar-refractivity contribution in [2.24, 2.45) is 0 Å². The van der Waals surface area contributed by atoms with Crippen LogP contribution in [0, 0.1) is 0 Å². The maximum absolute atomic E-state index is 11.6. The Hall–Kier alpha value is -1.51. The van der Waals surface area contributed by atoms with Crippen molar-refractivity contribution >= 4 is 22.8 Å². The van der Waals surface area contributed by atoms with Gasteiger partial charge in [0.25, 0.3) is 0 Å². The van der Waals surface area contributed by atoms with Crippen LogP contribution in [0.25, 0.3) is 22.2 Å². The van der Waals surface area contributed by atoms with Crippen LogP contribution in [0.4, 0.5) is 0 Å². The number of carboxylic acids is 1. The zero-order valence-electron chi connectivity index (χ0n) is 12.6. The van der Waals surface area contributed by atoms with Gasteiger partial charge in [0.2, 0.25) is 5.78 Å². The minimum Gasteiger partial charge on any atom is -0.541 e. The number of Topliss-reactive ketones (excluding diaryl/α,β-unsaturated/α-hetero) is 1. The van der Waals surface area contributed by atoms with E-state index in [4.69, 9.17) is 4.74 Å². The Morgan fingerprint density at radius 3 is 2.48 bits per heavy atom. The zero-order valence-corrected chi connectivity index (χ0v) is 15.7. The number of ether oxygens (including phenoxy) is 1. The maximum atomic E-state index is 11.6. The molecule has 0 aliphatic rings. The molecule has 0 radical (unpaired) electrons. The summed E-state index contributed by atoms with van der Waals surface area (Å²) in [5.74, 6) is -2.11. The summed E-state index contributed by atoms with van der Waals surface area (Å²) in [6.07, 6.45) is 2.87. The van der Waals surface area contributed by atoms with Gasteiger partial charge in [0.05, 0.1) is 23.7 Å². The number of H-pyrrole nitrogens is 1. The first-order chi connectivity index (χ1) is 10.6. The second-order valence-corrected chi connectivity index (χ2v) is 4.63. The van der Waals surface area contributed by atoms with E-state index in [1.807, 2.05) is 24.3 Å². The smallest absolute Gasteiger partial charge is 0.541 e. The van der Waals surface area contributed by atoms with E-state index in [1.54, 1.807) is 13.2 Å². The van der Waals surface area contributed by atoms with Gasteiger partial charge >= 0.3 is 51.4 Å². The molecule has 0 saturated carbocycles. The first kappa shape index (κ1) is 17.8. The number of carbonyl (C=O) groups excluding carboxylic acids is 2. The number of pyridine rings is 1. The number of nitrogens with zero attached hydrogens (tertiary/aromatic N) is 1. The van der Waals surface area contributed by atoms with Crippen molar-refractivity contribution in [2.75, 3.05) is 7.11 Å². The van der Waals surface area contributed by atoms with Gasteiger partial charge in [0.1, 0.15) is 11.7 Å². The van der Waals surface area contributed by atoms with E-state index in [2.05, 4.69) is 9.97 Å². The summed E-state index contributed by atoms with van der Waals surface area (Å²) >= 11 is 0. The SMILES string of the molecule is COc1ccc(-c2ccnc3c(C(=O)C(=O)[O-])c[nH]c23)cc1.[K+]. The quantitative estimate of drug-likeness (QED) is 0.344. The molecule has 0 aliphatic heterocycles. The fourth-order valence-electron chi connectivity index (χ4n) is 2.32. The number of nitrogens with one attached hydrogen (secondary N) is 1. The van der Waals surface area contributed by atoms with Gasteiger partial charge in [0.15, 0.2) is 0 Å². The van der Waals surface area contributed by atoms with Gasteiger partial charge in [-0.2, -0.15) is 0 Å². The van der Waals surface area contributed by atoms with Gasteiger partial charge in [0, 0.05) is 18.0 Å². The fourth-order valence-corrected chi connectivity index (χ4v) is 2.32. The number of aliphatic carboxylic acids is 1. The zero-order chi connectivity index (χ0) is 15.7. The summed E-state index contributed by atoms with van der Waals surface area (Å²) in [5, 5.41) is 10.8. The molecule has 0 unspecified atom stereocenters. The second kappa shape index (κ2) is 7.37. The fraction of sp³-hybridized carbons (Fsp3) is 0.0625. The molecule has 1 N–H and O–H groups in total. The van der Waals surface area contributed by atoms with E-state index < -0.39 is 11.8 Å². The van der Waals surface area contributed by atoms with E-state index >= 15 is 0 Å². The molecular weight excluding hydrogens is 323 g/mol. The van der Waals surface area contributed by atoms with Crippen LogP contribution in [0.15, 0.2) is 42.7 Å². The second-order valence-electron chi connectivity index (χ2n) is 4.63. The molecule has 0 saturated heterocycles. The molecule has 0 spiro atoms. The number of aromatic amines is 1. The van der Waals surface area contributed by atoms with E-state index in [9.17, 15) is 14.7 Å². The molecule has 0 aliphatic carbocycles. The Morgan fingerprint density at radius 1 is 1.17 bits per heavy atom. The van der Waals surface area contributed by atoms with Crippen LogP contribution in [0.5, 0.6) is 5.75 Å². The molecule has 2 aromatic heterocycles. The molecule has 3 aromatic rings. The average molecular weight is 334 g/mol. The van der Waals surface area contributed by atoms with Crippen molar-refractivity contribution in [3.05, 3.63) is 48.3 Å². The molecule has 2 heterocycles. The molecule has 3 rings (SSSR count). The van der Waals surface area contributed by atoms with Crippen molar-refractivity contribution in [2.45, 2.75) is 0 Å². The van der Waals surface area contributed by atoms with Crippen LogP contribution in [0.3, 0.4) is 0 Å². The number of hydrogen-bond donors (Lipinski definition) is 1. The number of carboxylic acid groups (broad SMARTS) is 1. The molecule has 0 atom stereocenters. The number of rotatable bonds is 4. The largest absolute Gasteiger partial charge is 1.00 e. The van der Waals surface area contributed by atoms with E-state index in [0.717, 1.165) is 16.9 Å². The summed E-state index contributed by atoms with van der Waals surface area (Å²) < 4.78 is 5.12. The van der Waals surface area contributed by atoms with Crippen molar-refractivity contribution in [1.29, 1.82) is 0 Å². The van der Waals surface area contributed by atoms with Crippen molar-refractivity contribution in [1.82, 2.24) is 9.97 Å². The van der Waals surface area contributed by atoms with Gasteiger partial charge in [-0.1, -0.05) is 12.1 Å². The standard InChI is InChI=1S/C16H12N2O4.K/c1-22-10-4-2-9(3-5-10)11-6-7-17-14-12(8-18-13(11)14)15(19)16(20)21;/h2-8,18H,1H3,(H,20,21);/q;+1/p-1. The van der Waals surface area contributed by atoms with Gasteiger partial charge in [-0.05, 0) is 23.8 Å². The third-order valence-corrected chi connectivity index (χ3v) is 3.40. The molecular formula is C16H11KN2O4. The summed E-state index contributed by atoms with van der Waals surface area (Å²) in [4.78, 5) is 29.4. The van der Waals surface area contributed by atoms with Crippen LogP contribution in [0.2, 0.25) is 0 Å². The van der Waals surface area contributed by atoms with Crippen molar-refractivity contribution in [3.8, 4) is 16.9 Å². The van der Waals surface area contributed by atoms with Crippen molar-refractivity contribution < 1.29 is 70.8 Å². The molecule has 110 valence electrons. The van der Waals surface area contributed by atoms with Crippen LogP contribution in [-0.2, 0) is 4.79 Å². The number of ketones is 1. The molecule has 6 nitrogen and oxygen atoms in total. The molecule has 0 fully saturated rings. The van der Waals surface area contributed by atoms with Crippen LogP contribution >= 0.6 is 0 Å². The summed E-state index contributed by atoms with van der Waals surface area (Å²) in [6.45, 7) is 0. The predicted molar refractivity (Wildman–Crippen MR) is 77.4 cm³/mol. The molecule has 1 aromatic carbocycles. The van der Waals surface area contributed by atoms with Crippen LogP contribution in [0.1, 0.15) is 10.4 Å². The van der Waals surface area contributed by atoms with Crippen molar-refractivity contribution in [3.63, 3.8) is 0 Å².